The minimum Gasteiger partial charge on any atom is -0.496 e. The van der Waals surface area contributed by atoms with Crippen LogP contribution in [0.5, 0.6) is 5.75 Å². The molecule has 0 unspecified atom stereocenters. The van der Waals surface area contributed by atoms with Crippen molar-refractivity contribution in [2.45, 2.75) is 46.2 Å². The molecule has 20 heavy (non-hydrogen) atoms. The lowest BCUT2D eigenvalue weighted by atomic mass is 9.85. The van der Waals surface area contributed by atoms with E-state index in [9.17, 15) is 0 Å². The van der Waals surface area contributed by atoms with Crippen LogP contribution >= 0.6 is 0 Å². The topological polar surface area (TPSA) is 38.5 Å². The molecule has 2 rings (SSSR count). The lowest BCUT2D eigenvalue weighted by Gasteiger charge is -2.24. The number of benzene rings is 1. The minimum atomic E-state index is 0.484. The predicted molar refractivity (Wildman–Crippen MR) is 83.8 cm³/mol. The summed E-state index contributed by atoms with van der Waals surface area (Å²) in [5, 5.41) is 0. The van der Waals surface area contributed by atoms with Crippen molar-refractivity contribution < 1.29 is 4.74 Å². The van der Waals surface area contributed by atoms with Crippen molar-refractivity contribution in [3.63, 3.8) is 0 Å². The van der Waals surface area contributed by atoms with Gasteiger partial charge in [0, 0.05) is 18.7 Å². The molecule has 1 aromatic rings. The molecule has 112 valence electrons. The Balaban J connectivity index is 2.08. The molecule has 0 amide bonds. The number of hydrogen-bond acceptors (Lipinski definition) is 3. The van der Waals surface area contributed by atoms with Gasteiger partial charge in [-0.1, -0.05) is 19.9 Å². The Morgan fingerprint density at radius 3 is 2.75 bits per heavy atom. The van der Waals surface area contributed by atoms with E-state index in [4.69, 9.17) is 10.5 Å². The normalized spacial score (nSPS) is 19.6. The molecule has 1 heterocycles. The molecule has 1 aliphatic rings. The highest BCUT2D eigenvalue weighted by atomic mass is 16.5. The van der Waals surface area contributed by atoms with Gasteiger partial charge in [-0.15, -0.1) is 0 Å². The average Bonchev–Trinajstić information content (AvgIpc) is 2.60. The molecule has 0 spiro atoms. The molecule has 0 bridgehead atoms. The Morgan fingerprint density at radius 2 is 2.05 bits per heavy atom. The van der Waals surface area contributed by atoms with E-state index in [1.807, 2.05) is 12.1 Å². The van der Waals surface area contributed by atoms with E-state index in [1.165, 1.54) is 43.5 Å². The van der Waals surface area contributed by atoms with E-state index in [1.54, 1.807) is 7.11 Å². The fourth-order valence-electron chi connectivity index (χ4n) is 2.96. The van der Waals surface area contributed by atoms with Crippen LogP contribution in [0.1, 0.15) is 44.2 Å². The van der Waals surface area contributed by atoms with Gasteiger partial charge in [0.1, 0.15) is 5.75 Å². The van der Waals surface area contributed by atoms with Gasteiger partial charge in [0.05, 0.1) is 7.11 Å². The van der Waals surface area contributed by atoms with Crippen molar-refractivity contribution >= 4 is 0 Å². The van der Waals surface area contributed by atoms with Gasteiger partial charge < -0.3 is 10.5 Å². The zero-order valence-corrected chi connectivity index (χ0v) is 13.1. The SMILES string of the molecule is COc1ccc(CN)cc1CN1CCCC(C)(C)CC1. The number of ether oxygens (including phenoxy) is 1. The first-order chi connectivity index (χ1) is 9.54. The Kier molecular flexibility index (Phi) is 5.06. The number of nitrogens with zero attached hydrogens (tertiary/aromatic N) is 1. The van der Waals surface area contributed by atoms with E-state index in [-0.39, 0.29) is 0 Å². The fraction of sp³-hybridized carbons (Fsp3) is 0.647. The lowest BCUT2D eigenvalue weighted by molar-refractivity contribution is 0.252. The van der Waals surface area contributed by atoms with Crippen LogP contribution in [0.3, 0.4) is 0 Å². The maximum absolute atomic E-state index is 5.75. The molecular weight excluding hydrogens is 248 g/mol. The summed E-state index contributed by atoms with van der Waals surface area (Å²) in [5.41, 5.74) is 8.67. The monoisotopic (exact) mass is 276 g/mol. The van der Waals surface area contributed by atoms with Crippen molar-refractivity contribution in [3.05, 3.63) is 29.3 Å². The Hall–Kier alpha value is -1.06. The summed E-state index contributed by atoms with van der Waals surface area (Å²) in [6.45, 7) is 8.66. The molecular formula is C17H28N2O. The van der Waals surface area contributed by atoms with Gasteiger partial charge in [0.15, 0.2) is 0 Å². The standard InChI is InChI=1S/C17H28N2O/c1-17(2)7-4-9-19(10-8-17)13-15-11-14(12-18)5-6-16(15)20-3/h5-6,11H,4,7-10,12-13,18H2,1-3H3. The number of nitrogens with two attached hydrogens (primary N) is 1. The molecule has 1 saturated heterocycles. The van der Waals surface area contributed by atoms with Crippen LogP contribution in [0.15, 0.2) is 18.2 Å². The van der Waals surface area contributed by atoms with Crippen LogP contribution in [0.4, 0.5) is 0 Å². The van der Waals surface area contributed by atoms with Gasteiger partial charge in [-0.2, -0.15) is 0 Å². The van der Waals surface area contributed by atoms with E-state index in [0.717, 1.165) is 12.3 Å². The Morgan fingerprint density at radius 1 is 1.25 bits per heavy atom. The predicted octanol–water partition coefficient (Wildman–Crippen LogP) is 3.17. The molecule has 3 heteroatoms. The number of likely N-dealkylation sites (tertiary alicyclic amines) is 1. The second-order valence-electron chi connectivity index (χ2n) is 6.64. The van der Waals surface area contributed by atoms with Crippen LogP contribution in [-0.4, -0.2) is 25.1 Å². The van der Waals surface area contributed by atoms with E-state index >= 15 is 0 Å². The maximum Gasteiger partial charge on any atom is 0.123 e. The highest BCUT2D eigenvalue weighted by Crippen LogP contribution is 2.31. The molecule has 0 radical (unpaired) electrons. The van der Waals surface area contributed by atoms with E-state index in [2.05, 4.69) is 24.8 Å². The van der Waals surface area contributed by atoms with Gasteiger partial charge in [-0.3, -0.25) is 4.90 Å². The van der Waals surface area contributed by atoms with E-state index < -0.39 is 0 Å². The van der Waals surface area contributed by atoms with Crippen LogP contribution < -0.4 is 10.5 Å². The summed E-state index contributed by atoms with van der Waals surface area (Å²) < 4.78 is 5.49. The summed E-state index contributed by atoms with van der Waals surface area (Å²) in [4.78, 5) is 2.55. The number of hydrogen-bond donors (Lipinski definition) is 1. The smallest absolute Gasteiger partial charge is 0.123 e. The lowest BCUT2D eigenvalue weighted by Crippen LogP contribution is -2.25. The van der Waals surface area contributed by atoms with Crippen LogP contribution in [0.2, 0.25) is 0 Å². The third-order valence-electron chi connectivity index (χ3n) is 4.41. The molecule has 0 aromatic heterocycles. The highest BCUT2D eigenvalue weighted by Gasteiger charge is 2.23. The first kappa shape index (κ1) is 15.3. The molecule has 0 saturated carbocycles. The second-order valence-corrected chi connectivity index (χ2v) is 6.64. The molecule has 1 aliphatic heterocycles. The van der Waals surface area contributed by atoms with Crippen LogP contribution in [0.25, 0.3) is 0 Å². The molecule has 0 aliphatic carbocycles. The maximum atomic E-state index is 5.75. The Bertz CT molecular complexity index is 443. The zero-order chi connectivity index (χ0) is 14.6. The molecule has 1 fully saturated rings. The quantitative estimate of drug-likeness (QED) is 0.918. The van der Waals surface area contributed by atoms with E-state index in [0.29, 0.717) is 12.0 Å². The summed E-state index contributed by atoms with van der Waals surface area (Å²) in [6.07, 6.45) is 3.88. The van der Waals surface area contributed by atoms with Crippen molar-refractivity contribution in [2.24, 2.45) is 11.1 Å². The molecule has 1 aromatic carbocycles. The molecule has 3 nitrogen and oxygen atoms in total. The third-order valence-corrected chi connectivity index (χ3v) is 4.41. The molecule has 0 atom stereocenters. The van der Waals surface area contributed by atoms with Crippen molar-refractivity contribution in [3.8, 4) is 5.75 Å². The van der Waals surface area contributed by atoms with Gasteiger partial charge in [-0.05, 0) is 55.5 Å². The van der Waals surface area contributed by atoms with Crippen LogP contribution in [-0.2, 0) is 13.1 Å². The summed E-state index contributed by atoms with van der Waals surface area (Å²) >= 11 is 0. The largest absolute Gasteiger partial charge is 0.496 e. The van der Waals surface area contributed by atoms with Gasteiger partial charge >= 0.3 is 0 Å². The summed E-state index contributed by atoms with van der Waals surface area (Å²) in [5.74, 6) is 0.978. The Labute approximate surface area is 123 Å². The first-order valence-electron chi connectivity index (χ1n) is 7.62. The van der Waals surface area contributed by atoms with Gasteiger partial charge in [0.2, 0.25) is 0 Å². The number of methoxy groups -OCH3 is 1. The minimum absolute atomic E-state index is 0.484. The van der Waals surface area contributed by atoms with Crippen molar-refractivity contribution in [1.82, 2.24) is 4.90 Å². The number of rotatable bonds is 4. The first-order valence-corrected chi connectivity index (χ1v) is 7.62. The van der Waals surface area contributed by atoms with Crippen molar-refractivity contribution in [2.75, 3.05) is 20.2 Å². The average molecular weight is 276 g/mol. The highest BCUT2D eigenvalue weighted by molar-refractivity contribution is 5.37. The fourth-order valence-corrected chi connectivity index (χ4v) is 2.96. The van der Waals surface area contributed by atoms with Gasteiger partial charge in [-0.25, -0.2) is 0 Å². The van der Waals surface area contributed by atoms with Gasteiger partial charge in [0.25, 0.3) is 0 Å². The van der Waals surface area contributed by atoms with Crippen LogP contribution in [0, 0.1) is 5.41 Å². The zero-order valence-electron chi connectivity index (χ0n) is 13.1. The molecule has 2 N–H and O–H groups in total. The second kappa shape index (κ2) is 6.59. The summed E-state index contributed by atoms with van der Waals surface area (Å²) in [6, 6.07) is 6.28. The summed E-state index contributed by atoms with van der Waals surface area (Å²) in [7, 11) is 1.74. The third kappa shape index (κ3) is 3.97. The van der Waals surface area contributed by atoms with Crippen molar-refractivity contribution in [1.29, 1.82) is 0 Å².